The maximum atomic E-state index is 12.9. The van der Waals surface area contributed by atoms with E-state index in [1.54, 1.807) is 11.3 Å². The zero-order chi connectivity index (χ0) is 18.4. The third-order valence-electron chi connectivity index (χ3n) is 5.30. The van der Waals surface area contributed by atoms with Crippen LogP contribution in [0.4, 0.5) is 0 Å². The quantitative estimate of drug-likeness (QED) is 0.750. The average Bonchev–Trinajstić information content (AvgIpc) is 3.41. The van der Waals surface area contributed by atoms with E-state index in [9.17, 15) is 4.79 Å². The standard InChI is InChI=1S/C21H21NO4S/c1-13-20-14(10-22(12-25-20)11-15-4-2-6-24-15)8-17-19(23)18(26-21(13)17)9-16-5-3-7-27-16/h3,5,7-9,15H,2,4,6,10-12H2,1H3/b18-9-. The van der Waals surface area contributed by atoms with E-state index < -0.39 is 0 Å². The van der Waals surface area contributed by atoms with Gasteiger partial charge in [0.15, 0.2) is 5.76 Å². The number of fused-ring (bicyclic) bond motifs is 2. The lowest BCUT2D eigenvalue weighted by molar-refractivity contribution is 0.0276. The van der Waals surface area contributed by atoms with Crippen LogP contribution in [0.1, 0.15) is 39.2 Å². The molecule has 1 unspecified atom stereocenters. The molecule has 1 fully saturated rings. The Bertz CT molecular complexity index is 913. The van der Waals surface area contributed by atoms with Gasteiger partial charge in [0.25, 0.3) is 0 Å². The van der Waals surface area contributed by atoms with Crippen molar-refractivity contribution in [1.29, 1.82) is 0 Å². The monoisotopic (exact) mass is 383 g/mol. The number of carbonyl (C=O) groups excluding carboxylic acids is 1. The summed E-state index contributed by atoms with van der Waals surface area (Å²) in [5.74, 6) is 1.81. The molecule has 3 aliphatic heterocycles. The predicted octanol–water partition coefficient (Wildman–Crippen LogP) is 4.00. The fraction of sp³-hybridized carbons (Fsp3) is 0.381. The molecule has 1 aromatic heterocycles. The molecule has 6 heteroatoms. The third-order valence-corrected chi connectivity index (χ3v) is 6.12. The highest BCUT2D eigenvalue weighted by molar-refractivity contribution is 7.10. The Balaban J connectivity index is 1.42. The molecule has 5 rings (SSSR count). The number of ether oxygens (including phenoxy) is 3. The van der Waals surface area contributed by atoms with E-state index in [2.05, 4.69) is 4.90 Å². The second-order valence-electron chi connectivity index (χ2n) is 7.24. The predicted molar refractivity (Wildman–Crippen MR) is 103 cm³/mol. The van der Waals surface area contributed by atoms with Crippen LogP contribution >= 0.6 is 11.3 Å². The zero-order valence-corrected chi connectivity index (χ0v) is 16.0. The average molecular weight is 383 g/mol. The molecule has 27 heavy (non-hydrogen) atoms. The van der Waals surface area contributed by atoms with Crippen LogP contribution in [0.2, 0.25) is 0 Å². The first-order valence-electron chi connectivity index (χ1n) is 9.30. The van der Waals surface area contributed by atoms with E-state index in [1.807, 2.05) is 36.6 Å². The Morgan fingerprint density at radius 1 is 1.37 bits per heavy atom. The van der Waals surface area contributed by atoms with Crippen molar-refractivity contribution in [3.8, 4) is 11.5 Å². The van der Waals surface area contributed by atoms with Gasteiger partial charge >= 0.3 is 0 Å². The van der Waals surface area contributed by atoms with Crippen molar-refractivity contribution >= 4 is 23.2 Å². The molecular formula is C21H21NO4S. The van der Waals surface area contributed by atoms with Crippen molar-refractivity contribution in [3.63, 3.8) is 0 Å². The summed E-state index contributed by atoms with van der Waals surface area (Å²) in [4.78, 5) is 16.1. The number of allylic oxidation sites excluding steroid dienone is 1. The molecule has 1 saturated heterocycles. The first-order valence-corrected chi connectivity index (χ1v) is 10.2. The lowest BCUT2D eigenvalue weighted by Gasteiger charge is -2.31. The van der Waals surface area contributed by atoms with Gasteiger partial charge in [0.05, 0.1) is 11.7 Å². The van der Waals surface area contributed by atoms with Crippen LogP contribution in [0, 0.1) is 6.92 Å². The zero-order valence-electron chi connectivity index (χ0n) is 15.2. The number of hydrogen-bond donors (Lipinski definition) is 0. The van der Waals surface area contributed by atoms with E-state index in [0.717, 1.165) is 54.3 Å². The van der Waals surface area contributed by atoms with Crippen LogP contribution in [0.5, 0.6) is 11.5 Å². The van der Waals surface area contributed by atoms with Crippen LogP contribution in [-0.4, -0.2) is 36.7 Å². The van der Waals surface area contributed by atoms with Gasteiger partial charge in [0.1, 0.15) is 18.2 Å². The number of benzene rings is 1. The first kappa shape index (κ1) is 17.0. The Morgan fingerprint density at radius 2 is 2.30 bits per heavy atom. The molecule has 2 aromatic rings. The Labute approximate surface area is 162 Å². The largest absolute Gasteiger partial charge is 0.477 e. The lowest BCUT2D eigenvalue weighted by Crippen LogP contribution is -2.37. The normalized spacial score (nSPS) is 23.2. The van der Waals surface area contributed by atoms with E-state index in [-0.39, 0.29) is 11.9 Å². The molecule has 4 heterocycles. The van der Waals surface area contributed by atoms with Crippen LogP contribution in [0.3, 0.4) is 0 Å². The minimum absolute atomic E-state index is 0.0550. The van der Waals surface area contributed by atoms with Crippen molar-refractivity contribution in [1.82, 2.24) is 4.90 Å². The van der Waals surface area contributed by atoms with E-state index in [4.69, 9.17) is 14.2 Å². The van der Waals surface area contributed by atoms with Gasteiger partial charge in [-0.05, 0) is 37.3 Å². The summed E-state index contributed by atoms with van der Waals surface area (Å²) in [7, 11) is 0. The molecule has 5 nitrogen and oxygen atoms in total. The smallest absolute Gasteiger partial charge is 0.232 e. The first-order chi connectivity index (χ1) is 13.2. The van der Waals surface area contributed by atoms with Gasteiger partial charge in [-0.25, -0.2) is 0 Å². The second-order valence-corrected chi connectivity index (χ2v) is 8.22. The number of rotatable bonds is 3. The molecular weight excluding hydrogens is 362 g/mol. The maximum Gasteiger partial charge on any atom is 0.232 e. The molecule has 0 bridgehead atoms. The number of nitrogens with zero attached hydrogens (tertiary/aromatic N) is 1. The molecule has 0 N–H and O–H groups in total. The van der Waals surface area contributed by atoms with Gasteiger partial charge < -0.3 is 14.2 Å². The maximum absolute atomic E-state index is 12.9. The fourth-order valence-electron chi connectivity index (χ4n) is 3.99. The van der Waals surface area contributed by atoms with Crippen LogP contribution in [-0.2, 0) is 11.3 Å². The van der Waals surface area contributed by atoms with Gasteiger partial charge in [0, 0.05) is 41.8 Å². The van der Waals surface area contributed by atoms with Gasteiger partial charge in [-0.3, -0.25) is 9.69 Å². The molecule has 0 amide bonds. The van der Waals surface area contributed by atoms with Crippen molar-refractivity contribution in [2.24, 2.45) is 0 Å². The highest BCUT2D eigenvalue weighted by Gasteiger charge is 2.34. The molecule has 0 radical (unpaired) electrons. The van der Waals surface area contributed by atoms with Crippen molar-refractivity contribution in [3.05, 3.63) is 50.9 Å². The van der Waals surface area contributed by atoms with Gasteiger partial charge in [0.2, 0.25) is 5.78 Å². The number of carbonyl (C=O) groups is 1. The van der Waals surface area contributed by atoms with Crippen LogP contribution in [0.25, 0.3) is 6.08 Å². The number of hydrogen-bond acceptors (Lipinski definition) is 6. The summed E-state index contributed by atoms with van der Waals surface area (Å²) in [6.07, 6.45) is 4.34. The molecule has 0 saturated carbocycles. The van der Waals surface area contributed by atoms with E-state index in [0.29, 0.717) is 23.8 Å². The number of Topliss-reactive ketones (excluding diaryl/α,β-unsaturated/α-hetero) is 1. The highest BCUT2D eigenvalue weighted by atomic mass is 32.1. The molecule has 0 spiro atoms. The number of thiophene rings is 1. The highest BCUT2D eigenvalue weighted by Crippen LogP contribution is 2.43. The Hall–Kier alpha value is -2.15. The minimum atomic E-state index is -0.0550. The third kappa shape index (κ3) is 3.08. The molecule has 0 aliphatic carbocycles. The van der Waals surface area contributed by atoms with Crippen molar-refractivity contribution in [2.75, 3.05) is 19.9 Å². The van der Waals surface area contributed by atoms with Gasteiger partial charge in [-0.15, -0.1) is 11.3 Å². The summed E-state index contributed by atoms with van der Waals surface area (Å²) < 4.78 is 17.7. The molecule has 3 aliphatic rings. The van der Waals surface area contributed by atoms with E-state index in [1.165, 1.54) is 0 Å². The number of ketones is 1. The summed E-state index contributed by atoms with van der Waals surface area (Å²) in [5, 5.41) is 1.99. The Morgan fingerprint density at radius 3 is 3.07 bits per heavy atom. The summed E-state index contributed by atoms with van der Waals surface area (Å²) in [6, 6.07) is 5.88. The van der Waals surface area contributed by atoms with Gasteiger partial charge in [-0.1, -0.05) is 6.07 Å². The van der Waals surface area contributed by atoms with Crippen LogP contribution < -0.4 is 9.47 Å². The van der Waals surface area contributed by atoms with Crippen molar-refractivity contribution < 1.29 is 19.0 Å². The SMILES string of the molecule is Cc1c2c(cc3c1O/C(=C\c1cccs1)C3=O)CN(CC1CCCO1)CO2. The summed E-state index contributed by atoms with van der Waals surface area (Å²) in [5.41, 5.74) is 2.59. The fourth-order valence-corrected chi connectivity index (χ4v) is 4.64. The van der Waals surface area contributed by atoms with Crippen LogP contribution in [0.15, 0.2) is 29.3 Å². The summed E-state index contributed by atoms with van der Waals surface area (Å²) in [6.45, 7) is 4.99. The van der Waals surface area contributed by atoms with E-state index >= 15 is 0 Å². The second kappa shape index (κ2) is 6.78. The Kier molecular flexibility index (Phi) is 4.27. The minimum Gasteiger partial charge on any atom is -0.477 e. The van der Waals surface area contributed by atoms with Gasteiger partial charge in [-0.2, -0.15) is 0 Å². The molecule has 1 aromatic carbocycles. The summed E-state index contributed by atoms with van der Waals surface area (Å²) >= 11 is 1.58. The molecule has 1 atom stereocenters. The molecule has 140 valence electrons. The van der Waals surface area contributed by atoms with Crippen molar-refractivity contribution in [2.45, 2.75) is 32.4 Å². The lowest BCUT2D eigenvalue weighted by atomic mass is 10.00. The topological polar surface area (TPSA) is 48.0 Å².